The lowest BCUT2D eigenvalue weighted by molar-refractivity contribution is -0.170. The molecule has 1 amide bonds. The van der Waals surface area contributed by atoms with Crippen LogP contribution in [0, 0.1) is 0 Å². The third-order valence-electron chi connectivity index (χ3n) is 4.62. The Morgan fingerprint density at radius 3 is 2.10 bits per heavy atom. The molecule has 0 radical (unpaired) electrons. The minimum atomic E-state index is -1.44. The number of hydrogen-bond donors (Lipinski definition) is 1. The van der Waals surface area contributed by atoms with Gasteiger partial charge in [0.15, 0.2) is 6.61 Å². The van der Waals surface area contributed by atoms with Gasteiger partial charge in [0.05, 0.1) is 0 Å². The number of ether oxygens (including phenoxy) is 2. The molecule has 0 aliphatic heterocycles. The quantitative estimate of drug-likeness (QED) is 0.502. The molecule has 156 valence electrons. The second kappa shape index (κ2) is 10.7. The van der Waals surface area contributed by atoms with Crippen LogP contribution in [0.2, 0.25) is 0 Å². The number of thiophene rings is 1. The topological polar surface area (TPSA) is 64.6 Å². The van der Waals surface area contributed by atoms with Crippen LogP contribution in [0.1, 0.15) is 22.9 Å². The molecule has 0 aliphatic rings. The summed E-state index contributed by atoms with van der Waals surface area (Å²) < 4.78 is 11.5. The number of nitrogens with one attached hydrogen (secondary N) is 1. The Bertz CT molecular complexity index is 887. The van der Waals surface area contributed by atoms with Crippen molar-refractivity contribution in [2.24, 2.45) is 0 Å². The molecule has 0 saturated carbocycles. The first-order valence-corrected chi connectivity index (χ1v) is 10.8. The molecule has 3 aromatic rings. The van der Waals surface area contributed by atoms with Gasteiger partial charge in [-0.3, -0.25) is 4.79 Å². The summed E-state index contributed by atoms with van der Waals surface area (Å²) in [6, 6.07) is 22.4. The van der Waals surface area contributed by atoms with Gasteiger partial charge in [0.25, 0.3) is 5.91 Å². The summed E-state index contributed by atoms with van der Waals surface area (Å²) in [5.74, 6) is -0.957. The van der Waals surface area contributed by atoms with Gasteiger partial charge < -0.3 is 14.8 Å². The number of carbonyl (C=O) groups excluding carboxylic acids is 2. The Balaban J connectivity index is 1.73. The smallest absolute Gasteiger partial charge is 0.348 e. The van der Waals surface area contributed by atoms with E-state index in [-0.39, 0.29) is 12.5 Å². The van der Waals surface area contributed by atoms with E-state index < -0.39 is 11.6 Å². The molecule has 3 rings (SSSR count). The zero-order valence-corrected chi connectivity index (χ0v) is 17.7. The van der Waals surface area contributed by atoms with E-state index in [1.165, 1.54) is 4.88 Å². The van der Waals surface area contributed by atoms with Gasteiger partial charge in [-0.25, -0.2) is 4.79 Å². The molecule has 6 heteroatoms. The van der Waals surface area contributed by atoms with Crippen LogP contribution in [-0.4, -0.2) is 31.6 Å². The van der Waals surface area contributed by atoms with Gasteiger partial charge in [0.2, 0.25) is 5.60 Å². The largest absolute Gasteiger partial charge is 0.453 e. The maximum atomic E-state index is 13.3. The molecule has 0 saturated heterocycles. The van der Waals surface area contributed by atoms with Crippen molar-refractivity contribution in [2.45, 2.75) is 18.9 Å². The first-order valence-electron chi connectivity index (χ1n) is 9.88. The number of rotatable bonds is 10. The third kappa shape index (κ3) is 5.14. The number of esters is 1. The summed E-state index contributed by atoms with van der Waals surface area (Å²) in [5, 5.41) is 4.79. The molecule has 1 heterocycles. The first-order chi connectivity index (χ1) is 14.7. The van der Waals surface area contributed by atoms with Crippen LogP contribution in [0.25, 0.3) is 0 Å². The van der Waals surface area contributed by atoms with Crippen molar-refractivity contribution < 1.29 is 19.1 Å². The molecule has 0 unspecified atom stereocenters. The molecule has 0 bridgehead atoms. The van der Waals surface area contributed by atoms with E-state index in [9.17, 15) is 9.59 Å². The lowest BCUT2D eigenvalue weighted by Gasteiger charge is -2.32. The fourth-order valence-corrected chi connectivity index (χ4v) is 3.96. The maximum absolute atomic E-state index is 13.3. The number of carbonyl (C=O) groups is 2. The molecule has 0 aliphatic carbocycles. The molecule has 0 fully saturated rings. The number of hydrogen-bond acceptors (Lipinski definition) is 5. The summed E-state index contributed by atoms with van der Waals surface area (Å²) in [4.78, 5) is 26.7. The zero-order chi connectivity index (χ0) is 21.2. The van der Waals surface area contributed by atoms with Crippen molar-refractivity contribution in [3.8, 4) is 0 Å². The van der Waals surface area contributed by atoms with Gasteiger partial charge in [-0.2, -0.15) is 0 Å². The van der Waals surface area contributed by atoms with Gasteiger partial charge in [-0.15, -0.1) is 11.3 Å². The van der Waals surface area contributed by atoms with Crippen LogP contribution < -0.4 is 5.32 Å². The van der Waals surface area contributed by atoms with Crippen LogP contribution in [0.15, 0.2) is 78.2 Å². The van der Waals surface area contributed by atoms with Crippen molar-refractivity contribution in [1.82, 2.24) is 5.32 Å². The van der Waals surface area contributed by atoms with Crippen LogP contribution >= 0.6 is 11.3 Å². The zero-order valence-electron chi connectivity index (χ0n) is 16.9. The molecular formula is C24H25NO4S. The standard InChI is InChI=1S/C24H25NO4S/c1-2-29-24(19-10-5-3-6-11-19,20-12-7-4-8-13-20)23(27)28-18-22(26)25-16-15-21-14-9-17-30-21/h3-14,17H,2,15-16,18H2,1H3,(H,25,26). The lowest BCUT2D eigenvalue weighted by Crippen LogP contribution is -2.43. The lowest BCUT2D eigenvalue weighted by atomic mass is 9.86. The Kier molecular flexibility index (Phi) is 7.76. The molecule has 0 spiro atoms. The van der Waals surface area contributed by atoms with E-state index in [1.807, 2.05) is 85.1 Å². The first kappa shape index (κ1) is 21.7. The fraction of sp³-hybridized carbons (Fsp3) is 0.250. The molecule has 30 heavy (non-hydrogen) atoms. The van der Waals surface area contributed by atoms with Crippen LogP contribution in [-0.2, 0) is 31.1 Å². The molecule has 0 atom stereocenters. The summed E-state index contributed by atoms with van der Waals surface area (Å²) in [6.07, 6.45) is 0.744. The minimum absolute atomic E-state index is 0.298. The van der Waals surface area contributed by atoms with E-state index in [1.54, 1.807) is 11.3 Å². The normalized spacial score (nSPS) is 11.1. The van der Waals surface area contributed by atoms with Crippen LogP contribution in [0.3, 0.4) is 0 Å². The number of amides is 1. The van der Waals surface area contributed by atoms with Gasteiger partial charge in [-0.05, 0) is 35.9 Å². The third-order valence-corrected chi connectivity index (χ3v) is 5.55. The summed E-state index contributed by atoms with van der Waals surface area (Å²) in [7, 11) is 0. The predicted octanol–water partition coefficient (Wildman–Crippen LogP) is 3.93. The molecule has 1 N–H and O–H groups in total. The highest BCUT2D eigenvalue weighted by molar-refractivity contribution is 7.09. The van der Waals surface area contributed by atoms with E-state index in [0.717, 1.165) is 6.42 Å². The maximum Gasteiger partial charge on any atom is 0.348 e. The Morgan fingerprint density at radius 2 is 1.57 bits per heavy atom. The van der Waals surface area contributed by atoms with Crippen molar-refractivity contribution in [3.63, 3.8) is 0 Å². The van der Waals surface area contributed by atoms with Gasteiger partial charge in [-0.1, -0.05) is 66.7 Å². The average molecular weight is 424 g/mol. The van der Waals surface area contributed by atoms with E-state index in [2.05, 4.69) is 5.32 Å². The fourth-order valence-electron chi connectivity index (χ4n) is 3.25. The summed E-state index contributed by atoms with van der Waals surface area (Å²) >= 11 is 1.64. The Hall–Kier alpha value is -2.96. The summed E-state index contributed by atoms with van der Waals surface area (Å²) in [5.41, 5.74) is -0.128. The highest BCUT2D eigenvalue weighted by Crippen LogP contribution is 2.35. The van der Waals surface area contributed by atoms with E-state index in [4.69, 9.17) is 9.47 Å². The van der Waals surface area contributed by atoms with E-state index in [0.29, 0.717) is 24.3 Å². The number of benzene rings is 2. The SMILES string of the molecule is CCOC(C(=O)OCC(=O)NCCc1cccs1)(c1ccccc1)c1ccccc1. The van der Waals surface area contributed by atoms with Crippen LogP contribution in [0.4, 0.5) is 0 Å². The monoisotopic (exact) mass is 423 g/mol. The Labute approximate surface area is 180 Å². The van der Waals surface area contributed by atoms with Crippen molar-refractivity contribution in [3.05, 3.63) is 94.2 Å². The molecule has 1 aromatic heterocycles. The van der Waals surface area contributed by atoms with Crippen molar-refractivity contribution in [2.75, 3.05) is 19.8 Å². The van der Waals surface area contributed by atoms with Crippen molar-refractivity contribution >= 4 is 23.2 Å². The molecule has 5 nitrogen and oxygen atoms in total. The van der Waals surface area contributed by atoms with Gasteiger partial charge >= 0.3 is 5.97 Å². The average Bonchev–Trinajstić information content (AvgIpc) is 3.30. The predicted molar refractivity (Wildman–Crippen MR) is 117 cm³/mol. The summed E-state index contributed by atoms with van der Waals surface area (Å²) in [6.45, 7) is 2.25. The van der Waals surface area contributed by atoms with Crippen LogP contribution in [0.5, 0.6) is 0 Å². The molecular weight excluding hydrogens is 398 g/mol. The Morgan fingerprint density at radius 1 is 0.933 bits per heavy atom. The highest BCUT2D eigenvalue weighted by Gasteiger charge is 2.45. The molecule has 2 aromatic carbocycles. The van der Waals surface area contributed by atoms with E-state index >= 15 is 0 Å². The minimum Gasteiger partial charge on any atom is -0.453 e. The highest BCUT2D eigenvalue weighted by atomic mass is 32.1. The van der Waals surface area contributed by atoms with Crippen molar-refractivity contribution in [1.29, 1.82) is 0 Å². The second-order valence-electron chi connectivity index (χ2n) is 6.60. The second-order valence-corrected chi connectivity index (χ2v) is 7.63. The van der Waals surface area contributed by atoms with Gasteiger partial charge in [0.1, 0.15) is 0 Å². The van der Waals surface area contributed by atoms with Gasteiger partial charge in [0, 0.05) is 18.0 Å².